The van der Waals surface area contributed by atoms with Crippen molar-refractivity contribution in [3.8, 4) is 5.75 Å². The number of rotatable bonds is 7. The minimum Gasteiger partial charge on any atom is -0.497 e. The van der Waals surface area contributed by atoms with Crippen molar-refractivity contribution in [3.63, 3.8) is 0 Å². The SMILES string of the molecule is COc1cccc(C(C)NC(C)CCS(C)=O)c1. The first-order valence-corrected chi connectivity index (χ1v) is 7.95. The molecule has 1 aromatic rings. The van der Waals surface area contributed by atoms with Gasteiger partial charge in [-0.1, -0.05) is 12.1 Å². The van der Waals surface area contributed by atoms with E-state index in [1.54, 1.807) is 13.4 Å². The topological polar surface area (TPSA) is 38.3 Å². The fourth-order valence-electron chi connectivity index (χ4n) is 1.86. The maximum Gasteiger partial charge on any atom is 0.119 e. The molecule has 0 heterocycles. The Kier molecular flexibility index (Phi) is 6.36. The van der Waals surface area contributed by atoms with Gasteiger partial charge in [-0.05, 0) is 38.0 Å². The summed E-state index contributed by atoms with van der Waals surface area (Å²) < 4.78 is 16.3. The summed E-state index contributed by atoms with van der Waals surface area (Å²) in [7, 11) is 0.966. The zero-order valence-electron chi connectivity index (χ0n) is 11.6. The second kappa shape index (κ2) is 7.54. The molecule has 102 valence electrons. The van der Waals surface area contributed by atoms with Crippen LogP contribution in [-0.4, -0.2) is 29.4 Å². The van der Waals surface area contributed by atoms with Gasteiger partial charge in [-0.2, -0.15) is 0 Å². The summed E-state index contributed by atoms with van der Waals surface area (Å²) in [5.74, 6) is 1.63. The summed E-state index contributed by atoms with van der Waals surface area (Å²) in [5.41, 5.74) is 1.21. The van der Waals surface area contributed by atoms with E-state index in [9.17, 15) is 4.21 Å². The van der Waals surface area contributed by atoms with Crippen LogP contribution < -0.4 is 10.1 Å². The van der Waals surface area contributed by atoms with Crippen LogP contribution in [-0.2, 0) is 10.8 Å². The van der Waals surface area contributed by atoms with Crippen molar-refractivity contribution < 1.29 is 8.95 Å². The molecule has 0 aromatic heterocycles. The van der Waals surface area contributed by atoms with E-state index in [-0.39, 0.29) is 6.04 Å². The zero-order valence-corrected chi connectivity index (χ0v) is 12.4. The van der Waals surface area contributed by atoms with Crippen molar-refractivity contribution >= 4 is 10.8 Å². The molecule has 0 fully saturated rings. The molecule has 4 heteroatoms. The molecule has 3 atom stereocenters. The first-order chi connectivity index (χ1) is 8.52. The number of ether oxygens (including phenoxy) is 1. The van der Waals surface area contributed by atoms with Crippen molar-refractivity contribution in [2.75, 3.05) is 19.1 Å². The second-order valence-electron chi connectivity index (χ2n) is 4.63. The van der Waals surface area contributed by atoms with E-state index in [2.05, 4.69) is 25.2 Å². The summed E-state index contributed by atoms with van der Waals surface area (Å²) in [6.45, 7) is 4.26. The van der Waals surface area contributed by atoms with E-state index >= 15 is 0 Å². The Morgan fingerprint density at radius 3 is 2.72 bits per heavy atom. The van der Waals surface area contributed by atoms with Gasteiger partial charge in [0.1, 0.15) is 5.75 Å². The van der Waals surface area contributed by atoms with E-state index in [0.717, 1.165) is 17.9 Å². The predicted octanol–water partition coefficient (Wildman–Crippen LogP) is 2.50. The first-order valence-electron chi connectivity index (χ1n) is 6.23. The highest BCUT2D eigenvalue weighted by molar-refractivity contribution is 7.84. The molecule has 0 aliphatic rings. The van der Waals surface area contributed by atoms with Crippen LogP contribution >= 0.6 is 0 Å². The number of hydrogen-bond donors (Lipinski definition) is 1. The maximum absolute atomic E-state index is 11.1. The number of nitrogens with one attached hydrogen (secondary N) is 1. The summed E-state index contributed by atoms with van der Waals surface area (Å²) in [6, 6.07) is 8.70. The monoisotopic (exact) mass is 269 g/mol. The summed E-state index contributed by atoms with van der Waals surface area (Å²) >= 11 is 0. The van der Waals surface area contributed by atoms with Gasteiger partial charge in [0.15, 0.2) is 0 Å². The van der Waals surface area contributed by atoms with Crippen LogP contribution in [0, 0.1) is 0 Å². The molecule has 0 radical (unpaired) electrons. The van der Waals surface area contributed by atoms with Gasteiger partial charge in [0.2, 0.25) is 0 Å². The third-order valence-electron chi connectivity index (χ3n) is 2.97. The maximum atomic E-state index is 11.1. The molecule has 0 bridgehead atoms. The molecule has 0 amide bonds. The fraction of sp³-hybridized carbons (Fsp3) is 0.571. The Balaban J connectivity index is 2.53. The van der Waals surface area contributed by atoms with E-state index in [4.69, 9.17) is 4.74 Å². The lowest BCUT2D eigenvalue weighted by molar-refractivity contribution is 0.412. The van der Waals surface area contributed by atoms with Crippen molar-refractivity contribution in [1.82, 2.24) is 5.32 Å². The molecule has 0 spiro atoms. The molecule has 1 rings (SSSR count). The lowest BCUT2D eigenvalue weighted by Gasteiger charge is -2.20. The van der Waals surface area contributed by atoms with Crippen molar-refractivity contribution in [2.24, 2.45) is 0 Å². The Bertz CT molecular complexity index is 395. The minimum atomic E-state index is -0.711. The third-order valence-corrected chi connectivity index (χ3v) is 3.78. The average molecular weight is 269 g/mol. The van der Waals surface area contributed by atoms with Gasteiger partial charge in [0.05, 0.1) is 7.11 Å². The Morgan fingerprint density at radius 1 is 1.39 bits per heavy atom. The summed E-state index contributed by atoms with van der Waals surface area (Å²) in [6.07, 6.45) is 2.68. The summed E-state index contributed by atoms with van der Waals surface area (Å²) in [5, 5.41) is 3.51. The molecule has 3 nitrogen and oxygen atoms in total. The molecule has 0 saturated carbocycles. The number of methoxy groups -OCH3 is 1. The molecule has 1 aromatic carbocycles. The standard InChI is InChI=1S/C14H23NO2S/c1-11(8-9-18(4)16)15-12(2)13-6-5-7-14(10-13)17-3/h5-7,10-12,15H,8-9H2,1-4H3. The van der Waals surface area contributed by atoms with E-state index in [0.29, 0.717) is 6.04 Å². The molecule has 0 aliphatic carbocycles. The van der Waals surface area contributed by atoms with Gasteiger partial charge in [-0.25, -0.2) is 0 Å². The molecule has 0 aliphatic heterocycles. The molecule has 1 N–H and O–H groups in total. The molecular formula is C14H23NO2S. The van der Waals surface area contributed by atoms with E-state index < -0.39 is 10.8 Å². The molecule has 3 unspecified atom stereocenters. The van der Waals surface area contributed by atoms with Crippen LogP contribution in [0.4, 0.5) is 0 Å². The smallest absolute Gasteiger partial charge is 0.119 e. The van der Waals surface area contributed by atoms with Gasteiger partial charge in [0.25, 0.3) is 0 Å². The van der Waals surface area contributed by atoms with Crippen LogP contribution in [0.1, 0.15) is 31.9 Å². The number of hydrogen-bond acceptors (Lipinski definition) is 3. The Morgan fingerprint density at radius 2 is 2.11 bits per heavy atom. The van der Waals surface area contributed by atoms with Crippen molar-refractivity contribution in [1.29, 1.82) is 0 Å². The van der Waals surface area contributed by atoms with Crippen molar-refractivity contribution in [2.45, 2.75) is 32.4 Å². The van der Waals surface area contributed by atoms with E-state index in [1.807, 2.05) is 18.2 Å². The zero-order chi connectivity index (χ0) is 13.5. The second-order valence-corrected chi connectivity index (χ2v) is 6.19. The van der Waals surface area contributed by atoms with Gasteiger partial charge in [-0.15, -0.1) is 0 Å². The van der Waals surface area contributed by atoms with Gasteiger partial charge >= 0.3 is 0 Å². The van der Waals surface area contributed by atoms with Crippen molar-refractivity contribution in [3.05, 3.63) is 29.8 Å². The van der Waals surface area contributed by atoms with Crippen LogP contribution in [0.25, 0.3) is 0 Å². The van der Waals surface area contributed by atoms with Crippen LogP contribution in [0.2, 0.25) is 0 Å². The molecule has 18 heavy (non-hydrogen) atoms. The lowest BCUT2D eigenvalue weighted by atomic mass is 10.1. The molecule has 0 saturated heterocycles. The highest BCUT2D eigenvalue weighted by Gasteiger charge is 2.10. The highest BCUT2D eigenvalue weighted by atomic mass is 32.2. The minimum absolute atomic E-state index is 0.264. The Hall–Kier alpha value is -0.870. The van der Waals surface area contributed by atoms with Crippen LogP contribution in [0.3, 0.4) is 0 Å². The van der Waals surface area contributed by atoms with E-state index in [1.165, 1.54) is 5.56 Å². The largest absolute Gasteiger partial charge is 0.497 e. The highest BCUT2D eigenvalue weighted by Crippen LogP contribution is 2.19. The normalized spacial score (nSPS) is 16.0. The van der Waals surface area contributed by atoms with Gasteiger partial charge < -0.3 is 10.1 Å². The van der Waals surface area contributed by atoms with Crippen LogP contribution in [0.5, 0.6) is 5.75 Å². The fourth-order valence-corrected chi connectivity index (χ4v) is 2.55. The quantitative estimate of drug-likeness (QED) is 0.826. The molecular weight excluding hydrogens is 246 g/mol. The third kappa shape index (κ3) is 5.19. The number of benzene rings is 1. The van der Waals surface area contributed by atoms with Crippen LogP contribution in [0.15, 0.2) is 24.3 Å². The van der Waals surface area contributed by atoms with Gasteiger partial charge in [0, 0.05) is 34.9 Å². The average Bonchev–Trinajstić information content (AvgIpc) is 2.36. The Labute approximate surface area is 112 Å². The lowest BCUT2D eigenvalue weighted by Crippen LogP contribution is -2.30. The predicted molar refractivity (Wildman–Crippen MR) is 77.6 cm³/mol. The van der Waals surface area contributed by atoms with Gasteiger partial charge in [-0.3, -0.25) is 4.21 Å². The summed E-state index contributed by atoms with van der Waals surface area (Å²) in [4.78, 5) is 0. The first kappa shape index (κ1) is 15.2.